The Morgan fingerprint density at radius 1 is 1.07 bits per heavy atom. The van der Waals surface area contributed by atoms with Gasteiger partial charge in [0, 0.05) is 31.0 Å². The molecule has 1 fully saturated rings. The highest BCUT2D eigenvalue weighted by Crippen LogP contribution is 2.31. The van der Waals surface area contributed by atoms with E-state index in [0.717, 1.165) is 48.8 Å². The molecule has 2 aromatic carbocycles. The number of nitrogens with one attached hydrogen (secondary N) is 2. The highest BCUT2D eigenvalue weighted by atomic mass is 32.2. The number of carbonyl (C=O) groups is 2. The van der Waals surface area contributed by atoms with Gasteiger partial charge in [0.15, 0.2) is 0 Å². The summed E-state index contributed by atoms with van der Waals surface area (Å²) in [6.07, 6.45) is 6.31. The number of benzene rings is 2. The van der Waals surface area contributed by atoms with Gasteiger partial charge >= 0.3 is 16.3 Å². The van der Waals surface area contributed by atoms with Gasteiger partial charge in [0.05, 0.1) is 24.3 Å². The molecular weight excluding hydrogens is 572 g/mol. The van der Waals surface area contributed by atoms with Gasteiger partial charge in [-0.1, -0.05) is 49.7 Å². The van der Waals surface area contributed by atoms with E-state index in [4.69, 9.17) is 4.74 Å². The SMILES string of the molecule is CCNS(=O)(=O)NC(=O)c1ccc(-c2ccc(CCN(C[C@H](O)c3cccnc3)C(=O)O)cc2)cc1OC1CCCCC1. The van der Waals surface area contributed by atoms with Crippen LogP contribution in [-0.2, 0) is 16.6 Å². The summed E-state index contributed by atoms with van der Waals surface area (Å²) in [5.41, 5.74) is 3.23. The van der Waals surface area contributed by atoms with Gasteiger partial charge in [-0.3, -0.25) is 9.78 Å². The first-order chi connectivity index (χ1) is 20.6. The predicted molar refractivity (Wildman–Crippen MR) is 162 cm³/mol. The van der Waals surface area contributed by atoms with Crippen molar-refractivity contribution in [3.8, 4) is 16.9 Å². The number of aliphatic hydroxyl groups is 1. The van der Waals surface area contributed by atoms with Crippen LogP contribution in [0.25, 0.3) is 11.1 Å². The largest absolute Gasteiger partial charge is 0.490 e. The van der Waals surface area contributed by atoms with Crippen molar-refractivity contribution in [1.29, 1.82) is 0 Å². The van der Waals surface area contributed by atoms with Crippen LogP contribution in [0.3, 0.4) is 0 Å². The molecule has 12 heteroatoms. The van der Waals surface area contributed by atoms with Crippen molar-refractivity contribution in [2.24, 2.45) is 0 Å². The number of carboxylic acid groups (broad SMARTS) is 1. The summed E-state index contributed by atoms with van der Waals surface area (Å²) in [5.74, 6) is -0.452. The molecule has 4 N–H and O–H groups in total. The Kier molecular flexibility index (Phi) is 11.1. The standard InChI is InChI=1S/C31H38N4O7S/c1-2-33-43(40,41)34-30(37)27-15-14-24(19-29(27)42-26-8-4-3-5-9-26)23-12-10-22(11-13-23)16-18-35(31(38)39)21-28(36)25-7-6-17-32-20-25/h6-7,10-15,17,19-20,26,28,33,36H,2-5,8-9,16,18,21H2,1H3,(H,34,37)(H,38,39)/t28-/m0/s1. The second-order valence-electron chi connectivity index (χ2n) is 10.5. The minimum atomic E-state index is -4.00. The lowest BCUT2D eigenvalue weighted by atomic mass is 9.97. The van der Waals surface area contributed by atoms with Gasteiger partial charge in [-0.25, -0.2) is 9.52 Å². The third-order valence-electron chi connectivity index (χ3n) is 7.32. The number of aromatic nitrogens is 1. The lowest BCUT2D eigenvalue weighted by Gasteiger charge is -2.24. The second-order valence-corrected chi connectivity index (χ2v) is 12.0. The van der Waals surface area contributed by atoms with Gasteiger partial charge in [0.1, 0.15) is 5.75 Å². The van der Waals surface area contributed by atoms with Crippen LogP contribution in [-0.4, -0.2) is 66.3 Å². The quantitative estimate of drug-likeness (QED) is 0.223. The van der Waals surface area contributed by atoms with Gasteiger partial charge in [0.25, 0.3) is 5.91 Å². The number of hydrogen-bond donors (Lipinski definition) is 4. The maximum absolute atomic E-state index is 12.9. The second kappa shape index (κ2) is 14.9. The van der Waals surface area contributed by atoms with Gasteiger partial charge in [-0.15, -0.1) is 0 Å². The first-order valence-electron chi connectivity index (χ1n) is 14.4. The lowest BCUT2D eigenvalue weighted by molar-refractivity contribution is 0.0966. The van der Waals surface area contributed by atoms with Gasteiger partial charge in [-0.2, -0.15) is 13.1 Å². The number of pyridine rings is 1. The van der Waals surface area contributed by atoms with Crippen LogP contribution in [0.1, 0.15) is 66.6 Å². The topological polar surface area (TPSA) is 158 Å². The summed E-state index contributed by atoms with van der Waals surface area (Å²) < 4.78 is 34.9. The minimum Gasteiger partial charge on any atom is -0.490 e. The van der Waals surface area contributed by atoms with Crippen molar-refractivity contribution >= 4 is 22.2 Å². The molecule has 0 radical (unpaired) electrons. The van der Waals surface area contributed by atoms with Gasteiger partial charge < -0.3 is 19.8 Å². The van der Waals surface area contributed by atoms with Crippen molar-refractivity contribution in [1.82, 2.24) is 19.3 Å². The third-order valence-corrected chi connectivity index (χ3v) is 8.45. The number of ether oxygens (including phenoxy) is 1. The van der Waals surface area contributed by atoms with Crippen LogP contribution in [0.5, 0.6) is 5.75 Å². The summed E-state index contributed by atoms with van der Waals surface area (Å²) >= 11 is 0. The number of amides is 2. The Morgan fingerprint density at radius 2 is 1.79 bits per heavy atom. The maximum Gasteiger partial charge on any atom is 0.407 e. The molecule has 0 aliphatic heterocycles. The number of rotatable bonds is 13. The molecule has 43 heavy (non-hydrogen) atoms. The van der Waals surface area contributed by atoms with E-state index in [1.54, 1.807) is 43.5 Å². The molecule has 1 saturated carbocycles. The molecule has 1 aliphatic carbocycles. The normalized spacial score (nSPS) is 14.6. The zero-order chi connectivity index (χ0) is 30.8. The van der Waals surface area contributed by atoms with E-state index in [1.165, 1.54) is 11.1 Å². The van der Waals surface area contributed by atoms with Gasteiger partial charge in [-0.05, 0) is 67.0 Å². The fourth-order valence-corrected chi connectivity index (χ4v) is 5.84. The van der Waals surface area contributed by atoms with E-state index < -0.39 is 28.3 Å². The van der Waals surface area contributed by atoms with Crippen LogP contribution in [0.15, 0.2) is 67.0 Å². The first kappa shape index (κ1) is 31.9. The molecule has 230 valence electrons. The monoisotopic (exact) mass is 610 g/mol. The van der Waals surface area contributed by atoms with Crippen LogP contribution >= 0.6 is 0 Å². The molecule has 2 amide bonds. The number of hydrogen-bond acceptors (Lipinski definition) is 7. The maximum atomic E-state index is 12.9. The molecule has 11 nitrogen and oxygen atoms in total. The summed E-state index contributed by atoms with van der Waals surface area (Å²) in [5, 5.41) is 20.1. The Morgan fingerprint density at radius 3 is 2.44 bits per heavy atom. The zero-order valence-electron chi connectivity index (χ0n) is 24.1. The van der Waals surface area contributed by atoms with Crippen molar-refractivity contribution in [2.75, 3.05) is 19.6 Å². The van der Waals surface area contributed by atoms with E-state index in [-0.39, 0.29) is 31.3 Å². The van der Waals surface area contributed by atoms with Crippen molar-refractivity contribution < 1.29 is 33.0 Å². The van der Waals surface area contributed by atoms with Gasteiger partial charge in [0.2, 0.25) is 0 Å². The van der Waals surface area contributed by atoms with Crippen LogP contribution in [0.2, 0.25) is 0 Å². The molecule has 0 bridgehead atoms. The fraction of sp³-hybridized carbons (Fsp3) is 0.387. The van der Waals surface area contributed by atoms with Crippen LogP contribution in [0.4, 0.5) is 4.79 Å². The van der Waals surface area contributed by atoms with Crippen LogP contribution in [0, 0.1) is 0 Å². The van der Waals surface area contributed by atoms with Crippen molar-refractivity contribution in [2.45, 2.75) is 57.7 Å². The van der Waals surface area contributed by atoms with Crippen molar-refractivity contribution in [3.63, 3.8) is 0 Å². The average molecular weight is 611 g/mol. The zero-order valence-corrected chi connectivity index (χ0v) is 24.9. The van der Waals surface area contributed by atoms with E-state index in [1.807, 2.05) is 29.0 Å². The minimum absolute atomic E-state index is 0.0582. The summed E-state index contributed by atoms with van der Waals surface area (Å²) in [6, 6.07) is 16.1. The molecule has 1 atom stereocenters. The number of aliphatic hydroxyl groups excluding tert-OH is 1. The van der Waals surface area contributed by atoms with E-state index >= 15 is 0 Å². The van der Waals surface area contributed by atoms with E-state index in [0.29, 0.717) is 17.7 Å². The average Bonchev–Trinajstić information content (AvgIpc) is 3.00. The molecule has 0 spiro atoms. The van der Waals surface area contributed by atoms with Crippen molar-refractivity contribution in [3.05, 3.63) is 83.7 Å². The van der Waals surface area contributed by atoms with E-state index in [9.17, 15) is 28.2 Å². The highest BCUT2D eigenvalue weighted by molar-refractivity contribution is 7.88. The highest BCUT2D eigenvalue weighted by Gasteiger charge is 2.23. The molecule has 1 aliphatic rings. The van der Waals surface area contributed by atoms with Crippen LogP contribution < -0.4 is 14.2 Å². The fourth-order valence-electron chi connectivity index (χ4n) is 5.03. The first-order valence-corrected chi connectivity index (χ1v) is 15.9. The molecule has 3 aromatic rings. The Hall–Kier alpha value is -4.00. The lowest BCUT2D eigenvalue weighted by Crippen LogP contribution is -2.40. The molecule has 0 saturated heterocycles. The molecule has 4 rings (SSSR count). The number of carbonyl (C=O) groups excluding carboxylic acids is 1. The Labute approximate surface area is 252 Å². The Bertz CT molecular complexity index is 1480. The molecular formula is C31H38N4O7S. The Balaban J connectivity index is 1.48. The smallest absolute Gasteiger partial charge is 0.407 e. The predicted octanol–water partition coefficient (Wildman–Crippen LogP) is 4.30. The summed E-state index contributed by atoms with van der Waals surface area (Å²) in [7, 11) is -4.00. The molecule has 0 unspecified atom stereocenters. The summed E-state index contributed by atoms with van der Waals surface area (Å²) in [6.45, 7) is 1.90. The number of nitrogens with zero attached hydrogens (tertiary/aromatic N) is 2. The van der Waals surface area contributed by atoms with E-state index in [2.05, 4.69) is 9.71 Å². The third kappa shape index (κ3) is 9.24. The molecule has 1 aromatic heterocycles. The summed E-state index contributed by atoms with van der Waals surface area (Å²) in [4.78, 5) is 29.9. The molecule has 1 heterocycles.